The van der Waals surface area contributed by atoms with Gasteiger partial charge in [0.05, 0.1) is 0 Å². The number of rotatable bonds is 9. The summed E-state index contributed by atoms with van der Waals surface area (Å²) in [6, 6.07) is 0. The van der Waals surface area contributed by atoms with E-state index in [1.165, 1.54) is 0 Å². The first kappa shape index (κ1) is 25.8. The molecule has 0 fully saturated rings. The molecule has 0 aromatic rings. The zero-order valence-electron chi connectivity index (χ0n) is 18.5. The SMILES string of the molecule is CCNC(=NCCCNC(=O)OC(C)(C)C)NCCCNC(=O)OC(C)(C)C. The Bertz CT molecular complexity index is 496. The maximum atomic E-state index is 11.6. The minimum atomic E-state index is -0.497. The Morgan fingerprint density at radius 3 is 1.68 bits per heavy atom. The number of aliphatic imine (C=N–C) groups is 1. The van der Waals surface area contributed by atoms with Gasteiger partial charge in [0.25, 0.3) is 0 Å². The second kappa shape index (κ2) is 13.1. The smallest absolute Gasteiger partial charge is 0.407 e. The van der Waals surface area contributed by atoms with Gasteiger partial charge in [-0.3, -0.25) is 4.99 Å². The number of carbonyl (C=O) groups excluding carboxylic acids is 2. The van der Waals surface area contributed by atoms with E-state index in [-0.39, 0.29) is 0 Å². The first-order valence-electron chi connectivity index (χ1n) is 9.89. The van der Waals surface area contributed by atoms with Crippen LogP contribution in [0.5, 0.6) is 0 Å². The Morgan fingerprint density at radius 2 is 1.21 bits per heavy atom. The molecule has 4 N–H and O–H groups in total. The molecule has 9 heteroatoms. The number of amides is 2. The fraction of sp³-hybridized carbons (Fsp3) is 0.842. The van der Waals surface area contributed by atoms with Crippen LogP contribution in [0.25, 0.3) is 0 Å². The lowest BCUT2D eigenvalue weighted by atomic mass is 10.2. The van der Waals surface area contributed by atoms with E-state index in [1.54, 1.807) is 0 Å². The fourth-order valence-corrected chi connectivity index (χ4v) is 1.92. The molecule has 28 heavy (non-hydrogen) atoms. The van der Waals surface area contributed by atoms with Crippen molar-refractivity contribution in [3.63, 3.8) is 0 Å². The third-order valence-corrected chi connectivity index (χ3v) is 2.93. The molecule has 0 aromatic heterocycles. The summed E-state index contributed by atoms with van der Waals surface area (Å²) in [5, 5.41) is 11.8. The van der Waals surface area contributed by atoms with Gasteiger partial charge in [-0.1, -0.05) is 0 Å². The summed E-state index contributed by atoms with van der Waals surface area (Å²) in [6.45, 7) is 16.0. The average molecular weight is 402 g/mol. The molecule has 0 radical (unpaired) electrons. The van der Waals surface area contributed by atoms with E-state index in [9.17, 15) is 9.59 Å². The highest BCUT2D eigenvalue weighted by Crippen LogP contribution is 2.06. The molecular weight excluding hydrogens is 362 g/mol. The number of ether oxygens (including phenoxy) is 2. The highest BCUT2D eigenvalue weighted by Gasteiger charge is 2.16. The lowest BCUT2D eigenvalue weighted by Crippen LogP contribution is -2.39. The van der Waals surface area contributed by atoms with Crippen molar-refractivity contribution >= 4 is 18.1 Å². The van der Waals surface area contributed by atoms with E-state index < -0.39 is 23.4 Å². The Kier molecular flexibility index (Phi) is 12.0. The minimum absolute atomic E-state index is 0.412. The predicted octanol–water partition coefficient (Wildman–Crippen LogP) is 2.37. The summed E-state index contributed by atoms with van der Waals surface area (Å²) in [6.07, 6.45) is 0.615. The molecule has 0 rings (SSSR count). The molecule has 0 saturated carbocycles. The molecule has 2 amide bonds. The maximum absolute atomic E-state index is 11.6. The van der Waals surface area contributed by atoms with Crippen molar-refractivity contribution in [2.45, 2.75) is 72.5 Å². The van der Waals surface area contributed by atoms with Crippen LogP contribution >= 0.6 is 0 Å². The standard InChI is InChI=1S/C19H39N5O4/c1-8-20-15(21-11-9-13-23-16(25)27-18(2,3)4)22-12-10-14-24-17(26)28-19(5,6)7/h8-14H2,1-7H3,(H,23,25)(H,24,26)(H2,20,21,22). The van der Waals surface area contributed by atoms with Crippen LogP contribution in [0.15, 0.2) is 4.99 Å². The fourth-order valence-electron chi connectivity index (χ4n) is 1.92. The van der Waals surface area contributed by atoms with Crippen LogP contribution < -0.4 is 21.3 Å². The Morgan fingerprint density at radius 1 is 0.750 bits per heavy atom. The van der Waals surface area contributed by atoms with Gasteiger partial charge in [-0.05, 0) is 61.3 Å². The molecule has 0 spiro atoms. The molecule has 0 aliphatic rings. The van der Waals surface area contributed by atoms with E-state index >= 15 is 0 Å². The number of alkyl carbamates (subject to hydrolysis) is 2. The van der Waals surface area contributed by atoms with Crippen LogP contribution in [0.4, 0.5) is 9.59 Å². The van der Waals surface area contributed by atoms with Gasteiger partial charge in [-0.25, -0.2) is 9.59 Å². The van der Waals surface area contributed by atoms with Gasteiger partial charge >= 0.3 is 12.2 Å². The third-order valence-electron chi connectivity index (χ3n) is 2.93. The molecule has 0 heterocycles. The van der Waals surface area contributed by atoms with Crippen LogP contribution in [-0.2, 0) is 9.47 Å². The van der Waals surface area contributed by atoms with Gasteiger partial charge in [0.1, 0.15) is 11.2 Å². The van der Waals surface area contributed by atoms with Crippen molar-refractivity contribution in [1.82, 2.24) is 21.3 Å². The van der Waals surface area contributed by atoms with Crippen LogP contribution in [0.3, 0.4) is 0 Å². The zero-order valence-corrected chi connectivity index (χ0v) is 18.5. The van der Waals surface area contributed by atoms with Gasteiger partial charge in [0, 0.05) is 32.7 Å². The topological polar surface area (TPSA) is 113 Å². The van der Waals surface area contributed by atoms with Crippen LogP contribution in [0.1, 0.15) is 61.3 Å². The van der Waals surface area contributed by atoms with Gasteiger partial charge in [-0.2, -0.15) is 0 Å². The minimum Gasteiger partial charge on any atom is -0.444 e. The maximum Gasteiger partial charge on any atom is 0.407 e. The number of carbonyl (C=O) groups is 2. The van der Waals surface area contributed by atoms with Gasteiger partial charge in [-0.15, -0.1) is 0 Å². The zero-order chi connectivity index (χ0) is 21.6. The summed E-state index contributed by atoms with van der Waals surface area (Å²) in [5.74, 6) is 0.706. The molecule has 0 aromatic carbocycles. The lowest BCUT2D eigenvalue weighted by Gasteiger charge is -2.19. The van der Waals surface area contributed by atoms with E-state index in [2.05, 4.69) is 26.3 Å². The second-order valence-electron chi connectivity index (χ2n) is 8.25. The number of nitrogens with zero attached hydrogens (tertiary/aromatic N) is 1. The van der Waals surface area contributed by atoms with E-state index in [1.807, 2.05) is 48.5 Å². The van der Waals surface area contributed by atoms with Crippen molar-refractivity contribution < 1.29 is 19.1 Å². The number of guanidine groups is 1. The van der Waals surface area contributed by atoms with E-state index in [0.717, 1.165) is 13.0 Å². The predicted molar refractivity (Wildman–Crippen MR) is 112 cm³/mol. The second-order valence-corrected chi connectivity index (χ2v) is 8.25. The monoisotopic (exact) mass is 401 g/mol. The molecule has 0 atom stereocenters. The third kappa shape index (κ3) is 17.2. The van der Waals surface area contributed by atoms with Crippen LogP contribution in [0, 0.1) is 0 Å². The first-order valence-corrected chi connectivity index (χ1v) is 9.89. The highest BCUT2D eigenvalue weighted by atomic mass is 16.6. The van der Waals surface area contributed by atoms with Crippen molar-refractivity contribution in [2.75, 3.05) is 32.7 Å². The van der Waals surface area contributed by atoms with Gasteiger partial charge in [0.15, 0.2) is 5.96 Å². The Balaban J connectivity index is 3.98. The Hall–Kier alpha value is -2.19. The summed E-state index contributed by atoms with van der Waals surface area (Å²) in [7, 11) is 0. The molecular formula is C19H39N5O4. The molecule has 0 aliphatic heterocycles. The van der Waals surface area contributed by atoms with Crippen molar-refractivity contribution in [2.24, 2.45) is 4.99 Å². The summed E-state index contributed by atoms with van der Waals surface area (Å²) < 4.78 is 10.4. The molecule has 0 saturated heterocycles. The number of nitrogens with one attached hydrogen (secondary N) is 4. The van der Waals surface area contributed by atoms with Gasteiger partial charge in [0.2, 0.25) is 0 Å². The average Bonchev–Trinajstić information content (AvgIpc) is 2.50. The molecule has 0 unspecified atom stereocenters. The van der Waals surface area contributed by atoms with Crippen LogP contribution in [0.2, 0.25) is 0 Å². The van der Waals surface area contributed by atoms with Crippen molar-refractivity contribution in [3.05, 3.63) is 0 Å². The van der Waals surface area contributed by atoms with Crippen LogP contribution in [-0.4, -0.2) is 62.1 Å². The Labute approximate surface area is 169 Å². The van der Waals surface area contributed by atoms with Crippen molar-refractivity contribution in [3.8, 4) is 0 Å². The lowest BCUT2D eigenvalue weighted by molar-refractivity contribution is 0.0516. The summed E-state index contributed by atoms with van der Waals surface area (Å²) in [5.41, 5.74) is -0.992. The number of hydrogen-bond donors (Lipinski definition) is 4. The normalized spacial score (nSPS) is 12.2. The van der Waals surface area contributed by atoms with E-state index in [0.29, 0.717) is 38.6 Å². The summed E-state index contributed by atoms with van der Waals surface area (Å²) in [4.78, 5) is 27.6. The molecule has 0 bridgehead atoms. The van der Waals surface area contributed by atoms with Crippen molar-refractivity contribution in [1.29, 1.82) is 0 Å². The molecule has 9 nitrogen and oxygen atoms in total. The molecule has 0 aliphatic carbocycles. The first-order chi connectivity index (χ1) is 12.9. The molecule has 164 valence electrons. The number of hydrogen-bond acceptors (Lipinski definition) is 5. The largest absolute Gasteiger partial charge is 0.444 e. The summed E-state index contributed by atoms with van der Waals surface area (Å²) >= 11 is 0. The van der Waals surface area contributed by atoms with E-state index in [4.69, 9.17) is 9.47 Å². The highest BCUT2D eigenvalue weighted by molar-refractivity contribution is 5.79. The quantitative estimate of drug-likeness (QED) is 0.268. The van der Waals surface area contributed by atoms with Gasteiger partial charge < -0.3 is 30.7 Å².